The monoisotopic (exact) mass is 899 g/mol. The fourth-order valence-electron chi connectivity index (χ4n) is 8.12. The van der Waals surface area contributed by atoms with Crippen LogP contribution in [0.15, 0.2) is 36.5 Å². The molecule has 374 valence electrons. The third kappa shape index (κ3) is 50.6. The Balaban J connectivity index is 4.14. The molecule has 0 saturated heterocycles. The summed E-state index contributed by atoms with van der Waals surface area (Å²) in [5.41, 5.74) is 0. The lowest BCUT2D eigenvalue weighted by Gasteiger charge is -2.18. The number of carbonyl (C=O) groups excluding carboxylic acids is 3. The molecule has 1 atom stereocenters. The van der Waals surface area contributed by atoms with Crippen molar-refractivity contribution in [1.82, 2.24) is 0 Å². The van der Waals surface area contributed by atoms with E-state index in [1.54, 1.807) is 0 Å². The van der Waals surface area contributed by atoms with Gasteiger partial charge in [0.2, 0.25) is 0 Å². The Bertz CT molecular complexity index is 1080. The number of unbranched alkanes of at least 4 members (excludes halogenated alkanes) is 34. The summed E-state index contributed by atoms with van der Waals surface area (Å²) in [4.78, 5) is 37.9. The molecule has 1 unspecified atom stereocenters. The Hall–Kier alpha value is -2.37. The van der Waals surface area contributed by atoms with E-state index in [0.717, 1.165) is 70.6 Å². The van der Waals surface area contributed by atoms with Crippen LogP contribution in [-0.2, 0) is 28.6 Å². The normalized spacial score (nSPS) is 12.2. The van der Waals surface area contributed by atoms with Gasteiger partial charge in [-0.3, -0.25) is 14.4 Å². The van der Waals surface area contributed by atoms with Crippen LogP contribution in [0.5, 0.6) is 0 Å². The molecule has 0 aliphatic rings. The van der Waals surface area contributed by atoms with Gasteiger partial charge in [0.1, 0.15) is 13.2 Å². The van der Waals surface area contributed by atoms with Crippen LogP contribution in [0.4, 0.5) is 0 Å². The molecule has 6 nitrogen and oxygen atoms in total. The SMILES string of the molecule is CCCCC/C=C\CCCCCCCC(=O)OC(COC(=O)CCCCCCCCCCC)COC(=O)CCCCCCCCCCCCCCC/C=C\C/C=C\CCCCCCC. The molecule has 0 aliphatic carbocycles. The predicted octanol–water partition coefficient (Wildman–Crippen LogP) is 18.5. The summed E-state index contributed by atoms with van der Waals surface area (Å²) < 4.78 is 16.8. The van der Waals surface area contributed by atoms with E-state index in [-0.39, 0.29) is 31.1 Å². The van der Waals surface area contributed by atoms with Crippen LogP contribution >= 0.6 is 0 Å². The third-order valence-corrected chi connectivity index (χ3v) is 12.4. The highest BCUT2D eigenvalue weighted by Gasteiger charge is 2.19. The highest BCUT2D eigenvalue weighted by Crippen LogP contribution is 2.16. The Labute approximate surface area is 397 Å². The molecule has 0 spiro atoms. The van der Waals surface area contributed by atoms with Crippen LogP contribution in [0.1, 0.15) is 297 Å². The second-order valence-corrected chi connectivity index (χ2v) is 18.8. The van der Waals surface area contributed by atoms with Gasteiger partial charge >= 0.3 is 17.9 Å². The standard InChI is InChI=1S/C58H106O6/c1-4-7-10-13-16-19-21-23-24-25-26-27-28-29-30-31-32-33-34-35-37-39-42-45-48-51-57(60)63-54-55(53-62-56(59)50-47-44-41-38-18-15-12-9-6-3)64-58(61)52-49-46-43-40-36-22-20-17-14-11-8-5-2/h17,20-21,23,25-26,55H,4-16,18-19,22,24,27-54H2,1-3H3/b20-17-,23-21-,26-25-. The first-order chi connectivity index (χ1) is 31.5. The van der Waals surface area contributed by atoms with Crippen LogP contribution in [0.3, 0.4) is 0 Å². The number of allylic oxidation sites excluding steroid dienone is 6. The quantitative estimate of drug-likeness (QED) is 0.0262. The van der Waals surface area contributed by atoms with Crippen molar-refractivity contribution in [3.8, 4) is 0 Å². The van der Waals surface area contributed by atoms with Gasteiger partial charge < -0.3 is 14.2 Å². The zero-order valence-electron chi connectivity index (χ0n) is 42.8. The summed E-state index contributed by atoms with van der Waals surface area (Å²) in [6.45, 7) is 6.60. The number of carbonyl (C=O) groups is 3. The third-order valence-electron chi connectivity index (χ3n) is 12.4. The molecule has 0 aromatic heterocycles. The summed E-state index contributed by atoms with van der Waals surface area (Å²) >= 11 is 0. The molecule has 0 fully saturated rings. The largest absolute Gasteiger partial charge is 0.462 e. The minimum absolute atomic E-state index is 0.0725. The Morgan fingerprint density at radius 1 is 0.312 bits per heavy atom. The van der Waals surface area contributed by atoms with Crippen molar-refractivity contribution in [3.63, 3.8) is 0 Å². The lowest BCUT2D eigenvalue weighted by atomic mass is 10.0. The fourth-order valence-corrected chi connectivity index (χ4v) is 8.12. The van der Waals surface area contributed by atoms with Crippen LogP contribution in [0, 0.1) is 0 Å². The van der Waals surface area contributed by atoms with E-state index >= 15 is 0 Å². The molecule has 0 radical (unpaired) electrons. The zero-order chi connectivity index (χ0) is 46.5. The van der Waals surface area contributed by atoms with Gasteiger partial charge in [0.05, 0.1) is 0 Å². The first-order valence-electron chi connectivity index (χ1n) is 28.0. The lowest BCUT2D eigenvalue weighted by Crippen LogP contribution is -2.30. The maximum Gasteiger partial charge on any atom is 0.306 e. The maximum atomic E-state index is 12.8. The van der Waals surface area contributed by atoms with Gasteiger partial charge in [-0.1, -0.05) is 237 Å². The van der Waals surface area contributed by atoms with Gasteiger partial charge in [-0.25, -0.2) is 0 Å². The summed E-state index contributed by atoms with van der Waals surface area (Å²) in [5, 5.41) is 0. The van der Waals surface area contributed by atoms with Crippen LogP contribution in [0.2, 0.25) is 0 Å². The molecule has 0 rings (SSSR count). The van der Waals surface area contributed by atoms with Crippen molar-refractivity contribution in [2.24, 2.45) is 0 Å². The van der Waals surface area contributed by atoms with E-state index in [0.29, 0.717) is 19.3 Å². The highest BCUT2D eigenvalue weighted by molar-refractivity contribution is 5.71. The van der Waals surface area contributed by atoms with Crippen molar-refractivity contribution in [3.05, 3.63) is 36.5 Å². The molecule has 0 bridgehead atoms. The van der Waals surface area contributed by atoms with E-state index in [1.165, 1.54) is 186 Å². The van der Waals surface area contributed by atoms with Crippen molar-refractivity contribution in [2.45, 2.75) is 303 Å². The van der Waals surface area contributed by atoms with Crippen molar-refractivity contribution in [1.29, 1.82) is 0 Å². The average molecular weight is 899 g/mol. The van der Waals surface area contributed by atoms with Crippen LogP contribution in [0.25, 0.3) is 0 Å². The van der Waals surface area contributed by atoms with E-state index in [2.05, 4.69) is 57.2 Å². The smallest absolute Gasteiger partial charge is 0.306 e. The molecule has 0 N–H and O–H groups in total. The van der Waals surface area contributed by atoms with Gasteiger partial charge in [0, 0.05) is 19.3 Å². The second-order valence-electron chi connectivity index (χ2n) is 18.8. The first kappa shape index (κ1) is 61.6. The van der Waals surface area contributed by atoms with Gasteiger partial charge in [-0.15, -0.1) is 0 Å². The molecule has 6 heteroatoms. The molecule has 0 amide bonds. The molecule has 0 aromatic carbocycles. The Morgan fingerprint density at radius 2 is 0.562 bits per heavy atom. The summed E-state index contributed by atoms with van der Waals surface area (Å²) in [5.74, 6) is -0.874. The van der Waals surface area contributed by atoms with Crippen molar-refractivity contribution >= 4 is 17.9 Å². The molecule has 64 heavy (non-hydrogen) atoms. The van der Waals surface area contributed by atoms with E-state index in [9.17, 15) is 14.4 Å². The van der Waals surface area contributed by atoms with Crippen molar-refractivity contribution in [2.75, 3.05) is 13.2 Å². The minimum Gasteiger partial charge on any atom is -0.462 e. The molecular weight excluding hydrogens is 793 g/mol. The van der Waals surface area contributed by atoms with E-state index < -0.39 is 6.10 Å². The topological polar surface area (TPSA) is 78.9 Å². The lowest BCUT2D eigenvalue weighted by molar-refractivity contribution is -0.167. The summed E-state index contributed by atoms with van der Waals surface area (Å²) in [7, 11) is 0. The molecule has 0 saturated carbocycles. The van der Waals surface area contributed by atoms with Gasteiger partial charge in [0.15, 0.2) is 6.10 Å². The summed E-state index contributed by atoms with van der Waals surface area (Å²) in [6, 6.07) is 0. The van der Waals surface area contributed by atoms with E-state index in [4.69, 9.17) is 14.2 Å². The van der Waals surface area contributed by atoms with Crippen LogP contribution in [-0.4, -0.2) is 37.2 Å². The maximum absolute atomic E-state index is 12.8. The van der Waals surface area contributed by atoms with Gasteiger partial charge in [-0.2, -0.15) is 0 Å². The number of rotatable bonds is 51. The highest BCUT2D eigenvalue weighted by atomic mass is 16.6. The minimum atomic E-state index is -0.771. The number of hydrogen-bond acceptors (Lipinski definition) is 6. The zero-order valence-corrected chi connectivity index (χ0v) is 42.8. The van der Waals surface area contributed by atoms with E-state index in [1.807, 2.05) is 0 Å². The molecule has 0 aromatic rings. The molecular formula is C58H106O6. The molecule has 0 heterocycles. The summed E-state index contributed by atoms with van der Waals surface area (Å²) in [6.07, 6.45) is 62.9. The number of hydrogen-bond donors (Lipinski definition) is 0. The van der Waals surface area contributed by atoms with Crippen LogP contribution < -0.4 is 0 Å². The Kier molecular flexibility index (Phi) is 51.3. The number of ether oxygens (including phenoxy) is 3. The van der Waals surface area contributed by atoms with Crippen molar-refractivity contribution < 1.29 is 28.6 Å². The average Bonchev–Trinajstić information content (AvgIpc) is 3.29. The second kappa shape index (κ2) is 53.2. The van der Waals surface area contributed by atoms with Gasteiger partial charge in [0.25, 0.3) is 0 Å². The first-order valence-corrected chi connectivity index (χ1v) is 28.0. The van der Waals surface area contributed by atoms with Gasteiger partial charge in [-0.05, 0) is 77.0 Å². The molecule has 0 aliphatic heterocycles. The number of esters is 3. The predicted molar refractivity (Wildman–Crippen MR) is 275 cm³/mol. The fraction of sp³-hybridized carbons (Fsp3) is 0.845. The Morgan fingerprint density at radius 3 is 0.906 bits per heavy atom.